The van der Waals surface area contributed by atoms with Crippen LogP contribution in [0.2, 0.25) is 0 Å². The Hall–Kier alpha value is -1.85. The Morgan fingerprint density at radius 2 is 2.26 bits per heavy atom. The second kappa shape index (κ2) is 6.36. The van der Waals surface area contributed by atoms with Crippen molar-refractivity contribution >= 4 is 16.9 Å². The molecule has 0 aliphatic heterocycles. The first kappa shape index (κ1) is 13.6. The Morgan fingerprint density at radius 1 is 1.42 bits per heavy atom. The first-order valence-electron chi connectivity index (χ1n) is 6.25. The fourth-order valence-corrected chi connectivity index (χ4v) is 1.83. The number of nitrogens with one attached hydrogen (secondary N) is 1. The lowest BCUT2D eigenvalue weighted by Crippen LogP contribution is -2.19. The van der Waals surface area contributed by atoms with Gasteiger partial charge in [0, 0.05) is 25.1 Å². The zero-order valence-electron chi connectivity index (χ0n) is 10.8. The molecular weight excluding hydrogens is 246 g/mol. The zero-order valence-corrected chi connectivity index (χ0v) is 10.8. The Balaban J connectivity index is 1.98. The molecule has 1 heterocycles. The number of fused-ring (bicyclic) bond motifs is 1. The molecule has 19 heavy (non-hydrogen) atoms. The molecule has 2 rings (SSSR count). The van der Waals surface area contributed by atoms with E-state index in [-0.39, 0.29) is 5.76 Å². The van der Waals surface area contributed by atoms with Crippen LogP contribution in [0.25, 0.3) is 11.0 Å². The Morgan fingerprint density at radius 3 is 3.00 bits per heavy atom. The van der Waals surface area contributed by atoms with Crippen molar-refractivity contribution in [2.75, 3.05) is 19.8 Å². The van der Waals surface area contributed by atoms with Crippen LogP contribution in [0.3, 0.4) is 0 Å². The normalized spacial score (nSPS) is 11.0. The van der Waals surface area contributed by atoms with E-state index in [0.717, 1.165) is 30.6 Å². The monoisotopic (exact) mass is 263 g/mol. The smallest absolute Gasteiger partial charge is 0.371 e. The van der Waals surface area contributed by atoms with Gasteiger partial charge in [-0.05, 0) is 30.7 Å². The molecule has 0 atom stereocenters. The Bertz CT molecular complexity index is 562. The summed E-state index contributed by atoms with van der Waals surface area (Å²) >= 11 is 0. The van der Waals surface area contributed by atoms with Crippen LogP contribution in [0.4, 0.5) is 0 Å². The van der Waals surface area contributed by atoms with Crippen molar-refractivity contribution in [1.82, 2.24) is 5.32 Å². The molecule has 2 aromatic rings. The summed E-state index contributed by atoms with van der Waals surface area (Å²) in [6, 6.07) is 7.19. The quantitative estimate of drug-likeness (QED) is 0.750. The molecule has 102 valence electrons. The van der Waals surface area contributed by atoms with E-state index in [0.29, 0.717) is 12.2 Å². The highest BCUT2D eigenvalue weighted by molar-refractivity contribution is 5.91. The van der Waals surface area contributed by atoms with Crippen LogP contribution in [0.15, 0.2) is 28.7 Å². The predicted octanol–water partition coefficient (Wildman–Crippen LogP) is 2.26. The summed E-state index contributed by atoms with van der Waals surface area (Å²) < 4.78 is 10.4. The average molecular weight is 263 g/mol. The van der Waals surface area contributed by atoms with Gasteiger partial charge >= 0.3 is 5.97 Å². The fraction of sp³-hybridized carbons (Fsp3) is 0.357. The summed E-state index contributed by atoms with van der Waals surface area (Å²) in [5.74, 6) is -1.08. The van der Waals surface area contributed by atoms with Crippen LogP contribution in [0.5, 0.6) is 0 Å². The summed E-state index contributed by atoms with van der Waals surface area (Å²) in [6.45, 7) is 4.88. The molecule has 0 unspecified atom stereocenters. The molecule has 0 spiro atoms. The molecule has 0 aliphatic rings. The summed E-state index contributed by atoms with van der Waals surface area (Å²) in [5, 5.41) is 12.9. The number of hydrogen-bond acceptors (Lipinski definition) is 4. The maximum Gasteiger partial charge on any atom is 0.371 e. The van der Waals surface area contributed by atoms with Crippen molar-refractivity contribution in [2.45, 2.75) is 13.5 Å². The molecule has 0 bridgehead atoms. The number of furan rings is 1. The molecule has 0 radical (unpaired) electrons. The fourth-order valence-electron chi connectivity index (χ4n) is 1.83. The van der Waals surface area contributed by atoms with Gasteiger partial charge in [0.15, 0.2) is 0 Å². The van der Waals surface area contributed by atoms with Crippen LogP contribution in [0, 0.1) is 0 Å². The van der Waals surface area contributed by atoms with Crippen molar-refractivity contribution in [3.05, 3.63) is 35.6 Å². The van der Waals surface area contributed by atoms with Gasteiger partial charge in [-0.25, -0.2) is 4.79 Å². The van der Waals surface area contributed by atoms with Gasteiger partial charge in [0.1, 0.15) is 5.58 Å². The van der Waals surface area contributed by atoms with Crippen molar-refractivity contribution in [2.24, 2.45) is 0 Å². The largest absolute Gasteiger partial charge is 0.475 e. The van der Waals surface area contributed by atoms with Crippen LogP contribution in [-0.4, -0.2) is 30.8 Å². The first-order chi connectivity index (χ1) is 9.20. The van der Waals surface area contributed by atoms with Gasteiger partial charge in [0.2, 0.25) is 5.76 Å². The van der Waals surface area contributed by atoms with E-state index in [1.165, 1.54) is 0 Å². The topological polar surface area (TPSA) is 71.7 Å². The highest BCUT2D eigenvalue weighted by Gasteiger charge is 2.10. The minimum atomic E-state index is -1.05. The summed E-state index contributed by atoms with van der Waals surface area (Å²) in [5.41, 5.74) is 1.68. The van der Waals surface area contributed by atoms with E-state index >= 15 is 0 Å². The van der Waals surface area contributed by atoms with Crippen LogP contribution in [0.1, 0.15) is 23.0 Å². The van der Waals surface area contributed by atoms with Crippen molar-refractivity contribution in [3.63, 3.8) is 0 Å². The van der Waals surface area contributed by atoms with Crippen LogP contribution >= 0.6 is 0 Å². The van der Waals surface area contributed by atoms with Gasteiger partial charge in [-0.1, -0.05) is 6.07 Å². The average Bonchev–Trinajstić information content (AvgIpc) is 2.82. The third-order valence-electron chi connectivity index (χ3n) is 2.75. The summed E-state index contributed by atoms with van der Waals surface area (Å²) in [7, 11) is 0. The minimum Gasteiger partial charge on any atom is -0.475 e. The molecule has 0 fully saturated rings. The number of carboxylic acids is 1. The molecule has 0 aliphatic carbocycles. The van der Waals surface area contributed by atoms with Crippen LogP contribution < -0.4 is 5.32 Å². The molecule has 0 amide bonds. The number of carboxylic acid groups (broad SMARTS) is 1. The lowest BCUT2D eigenvalue weighted by Gasteiger charge is -2.04. The van der Waals surface area contributed by atoms with E-state index < -0.39 is 5.97 Å². The summed E-state index contributed by atoms with van der Waals surface area (Å²) in [4.78, 5) is 10.8. The number of aromatic carboxylic acids is 1. The van der Waals surface area contributed by atoms with E-state index in [9.17, 15) is 4.79 Å². The van der Waals surface area contributed by atoms with Gasteiger partial charge in [-0.2, -0.15) is 0 Å². The maximum absolute atomic E-state index is 10.8. The predicted molar refractivity (Wildman–Crippen MR) is 71.4 cm³/mol. The zero-order chi connectivity index (χ0) is 13.7. The Kier molecular flexibility index (Phi) is 4.54. The standard InChI is InChI=1S/C14H17NO4/c1-2-18-6-5-15-9-10-3-4-12-11(7-10)8-13(19-12)14(16)17/h3-4,7-8,15H,2,5-6,9H2,1H3,(H,16,17). The first-order valence-corrected chi connectivity index (χ1v) is 6.25. The van der Waals surface area contributed by atoms with Gasteiger partial charge in [0.05, 0.1) is 6.61 Å². The lowest BCUT2D eigenvalue weighted by atomic mass is 10.1. The molecule has 0 saturated heterocycles. The van der Waals surface area contributed by atoms with Gasteiger partial charge in [-0.3, -0.25) is 0 Å². The molecule has 1 aromatic heterocycles. The molecule has 5 heteroatoms. The van der Waals surface area contributed by atoms with E-state index in [1.807, 2.05) is 19.1 Å². The minimum absolute atomic E-state index is 0.0311. The highest BCUT2D eigenvalue weighted by Crippen LogP contribution is 2.20. The van der Waals surface area contributed by atoms with Crippen LogP contribution in [-0.2, 0) is 11.3 Å². The third-order valence-corrected chi connectivity index (χ3v) is 2.75. The lowest BCUT2D eigenvalue weighted by molar-refractivity contribution is 0.0665. The summed E-state index contributed by atoms with van der Waals surface area (Å²) in [6.07, 6.45) is 0. The third kappa shape index (κ3) is 3.56. The SMILES string of the molecule is CCOCCNCc1ccc2oc(C(=O)O)cc2c1. The second-order valence-corrected chi connectivity index (χ2v) is 4.16. The number of ether oxygens (including phenoxy) is 1. The molecular formula is C14H17NO4. The van der Waals surface area contributed by atoms with Crippen molar-refractivity contribution in [3.8, 4) is 0 Å². The number of rotatable bonds is 7. The molecule has 2 N–H and O–H groups in total. The number of carbonyl (C=O) groups is 1. The Labute approximate surface area is 111 Å². The molecule has 1 aromatic carbocycles. The van der Waals surface area contributed by atoms with Gasteiger partial charge < -0.3 is 19.6 Å². The second-order valence-electron chi connectivity index (χ2n) is 4.16. The van der Waals surface area contributed by atoms with Crippen molar-refractivity contribution < 1.29 is 19.1 Å². The van der Waals surface area contributed by atoms with Gasteiger partial charge in [-0.15, -0.1) is 0 Å². The molecule has 5 nitrogen and oxygen atoms in total. The van der Waals surface area contributed by atoms with Gasteiger partial charge in [0.25, 0.3) is 0 Å². The number of hydrogen-bond donors (Lipinski definition) is 2. The van der Waals surface area contributed by atoms with E-state index in [1.54, 1.807) is 12.1 Å². The highest BCUT2D eigenvalue weighted by atomic mass is 16.5. The van der Waals surface area contributed by atoms with E-state index in [2.05, 4.69) is 5.32 Å². The molecule has 0 saturated carbocycles. The van der Waals surface area contributed by atoms with E-state index in [4.69, 9.17) is 14.3 Å². The van der Waals surface area contributed by atoms with Crippen molar-refractivity contribution in [1.29, 1.82) is 0 Å². The maximum atomic E-state index is 10.8. The number of benzene rings is 1.